The molecule has 2 saturated heterocycles. The predicted molar refractivity (Wildman–Crippen MR) is 132 cm³/mol. The van der Waals surface area contributed by atoms with Gasteiger partial charge in [0.1, 0.15) is 18.5 Å². The van der Waals surface area contributed by atoms with Crippen molar-refractivity contribution in [1.29, 1.82) is 0 Å². The van der Waals surface area contributed by atoms with Gasteiger partial charge < -0.3 is 33.9 Å². The molecule has 7 nitrogen and oxygen atoms in total. The minimum atomic E-state index is -0.533. The van der Waals surface area contributed by atoms with E-state index in [1.165, 1.54) is 0 Å². The Hall–Kier alpha value is -1.19. The Kier molecular flexibility index (Phi) is 10.7. The predicted octanol–water partition coefficient (Wildman–Crippen LogP) is 4.48. The molecule has 0 aromatic heterocycles. The van der Waals surface area contributed by atoms with Crippen LogP contribution < -0.4 is 4.74 Å². The summed E-state index contributed by atoms with van der Waals surface area (Å²) in [6.45, 7) is 1.72. The van der Waals surface area contributed by atoms with Crippen LogP contribution in [-0.4, -0.2) is 67.5 Å². The zero-order valence-electron chi connectivity index (χ0n) is 20.3. The average Bonchev–Trinajstić information content (AvgIpc) is 3.16. The number of rotatable bonds is 11. The topological polar surface area (TPSA) is 86.6 Å². The molecular formula is C27H39ClO7. The molecule has 1 aromatic rings. The standard InChI is InChI=1S/C27H39ClO7/c28-19-6-5-7-20(16-19)33-18-21(34-26-8-1-3-14-31-26)10-11-23-22(12-13-29)24(30)17-25(23)35-27-9-2-4-15-32-27/h5-7,10-11,16,21-27,29-30H,1-4,8-9,12-15,17-18H2/t21-,22-,23-,24+,25-,26?,27?/m1/s1. The molecule has 0 radical (unpaired) electrons. The normalized spacial score (nSPS) is 32.7. The third-order valence-electron chi connectivity index (χ3n) is 7.04. The summed E-state index contributed by atoms with van der Waals surface area (Å²) in [7, 11) is 0. The molecule has 8 heteroatoms. The fourth-order valence-electron chi connectivity index (χ4n) is 5.20. The molecule has 2 N–H and O–H groups in total. The van der Waals surface area contributed by atoms with Crippen LogP contribution >= 0.6 is 11.6 Å². The van der Waals surface area contributed by atoms with E-state index < -0.39 is 6.10 Å². The second kappa shape index (κ2) is 13.9. The van der Waals surface area contributed by atoms with E-state index in [1.54, 1.807) is 12.1 Å². The van der Waals surface area contributed by atoms with Gasteiger partial charge in [-0.3, -0.25) is 0 Å². The molecule has 7 atom stereocenters. The van der Waals surface area contributed by atoms with Crippen LogP contribution in [0, 0.1) is 11.8 Å². The lowest BCUT2D eigenvalue weighted by molar-refractivity contribution is -0.193. The Morgan fingerprint density at radius 3 is 2.54 bits per heavy atom. The first-order chi connectivity index (χ1) is 17.1. The Labute approximate surface area is 213 Å². The highest BCUT2D eigenvalue weighted by Gasteiger charge is 2.42. The Balaban J connectivity index is 1.46. The lowest BCUT2D eigenvalue weighted by Gasteiger charge is -2.30. The summed E-state index contributed by atoms with van der Waals surface area (Å²) in [5.74, 6) is 0.520. The second-order valence-corrected chi connectivity index (χ2v) is 10.1. The highest BCUT2D eigenvalue weighted by molar-refractivity contribution is 6.30. The highest BCUT2D eigenvalue weighted by Crippen LogP contribution is 2.39. The first-order valence-electron chi connectivity index (χ1n) is 13.0. The third kappa shape index (κ3) is 8.15. The van der Waals surface area contributed by atoms with E-state index in [0.29, 0.717) is 43.4 Å². The van der Waals surface area contributed by atoms with E-state index in [4.69, 9.17) is 35.3 Å². The van der Waals surface area contributed by atoms with Gasteiger partial charge in [-0.05, 0) is 69.1 Å². The van der Waals surface area contributed by atoms with E-state index in [2.05, 4.69) is 6.08 Å². The molecule has 1 saturated carbocycles. The quantitative estimate of drug-likeness (QED) is 0.424. The molecular weight excluding hydrogens is 472 g/mol. The molecule has 35 heavy (non-hydrogen) atoms. The van der Waals surface area contributed by atoms with Crippen molar-refractivity contribution in [2.45, 2.75) is 82.3 Å². The first-order valence-corrected chi connectivity index (χ1v) is 13.4. The summed E-state index contributed by atoms with van der Waals surface area (Å²) in [4.78, 5) is 0. The lowest BCUT2D eigenvalue weighted by atomic mass is 9.90. The number of hydrogen-bond donors (Lipinski definition) is 2. The van der Waals surface area contributed by atoms with Crippen LogP contribution in [0.1, 0.15) is 51.4 Å². The van der Waals surface area contributed by atoms with Crippen molar-refractivity contribution >= 4 is 11.6 Å². The van der Waals surface area contributed by atoms with Crippen LogP contribution in [0.3, 0.4) is 0 Å². The third-order valence-corrected chi connectivity index (χ3v) is 7.28. The largest absolute Gasteiger partial charge is 0.490 e. The zero-order chi connectivity index (χ0) is 24.5. The molecule has 3 fully saturated rings. The van der Waals surface area contributed by atoms with Crippen molar-refractivity contribution in [2.75, 3.05) is 26.4 Å². The van der Waals surface area contributed by atoms with Gasteiger partial charge in [0.2, 0.25) is 0 Å². The van der Waals surface area contributed by atoms with Crippen molar-refractivity contribution in [3.63, 3.8) is 0 Å². The van der Waals surface area contributed by atoms with Gasteiger partial charge in [-0.15, -0.1) is 0 Å². The minimum absolute atomic E-state index is 0.0203. The van der Waals surface area contributed by atoms with Gasteiger partial charge in [0.05, 0.1) is 12.2 Å². The Morgan fingerprint density at radius 1 is 1.09 bits per heavy atom. The van der Waals surface area contributed by atoms with Crippen molar-refractivity contribution in [2.24, 2.45) is 11.8 Å². The van der Waals surface area contributed by atoms with E-state index >= 15 is 0 Å². The van der Waals surface area contributed by atoms with E-state index in [1.807, 2.05) is 18.2 Å². The maximum atomic E-state index is 10.7. The summed E-state index contributed by atoms with van der Waals surface area (Å²) >= 11 is 6.11. The fraction of sp³-hybridized carbons (Fsp3) is 0.704. The monoisotopic (exact) mass is 510 g/mol. The summed E-state index contributed by atoms with van der Waals surface area (Å²) in [5.41, 5.74) is 0. The van der Waals surface area contributed by atoms with Crippen molar-refractivity contribution in [1.82, 2.24) is 0 Å². The maximum absolute atomic E-state index is 10.7. The van der Waals surface area contributed by atoms with E-state index in [9.17, 15) is 10.2 Å². The number of halogens is 1. The summed E-state index contributed by atoms with van der Waals surface area (Å²) < 4.78 is 30.2. The van der Waals surface area contributed by atoms with Gasteiger partial charge in [-0.25, -0.2) is 0 Å². The molecule has 0 amide bonds. The Bertz CT molecular complexity index is 779. The van der Waals surface area contributed by atoms with Gasteiger partial charge in [0.15, 0.2) is 12.6 Å². The molecule has 2 unspecified atom stereocenters. The molecule has 4 rings (SSSR count). The molecule has 2 heterocycles. The van der Waals surface area contributed by atoms with Gasteiger partial charge in [-0.1, -0.05) is 29.8 Å². The zero-order valence-corrected chi connectivity index (χ0v) is 21.1. The van der Waals surface area contributed by atoms with Gasteiger partial charge in [0, 0.05) is 37.2 Å². The summed E-state index contributed by atoms with van der Waals surface area (Å²) in [5, 5.41) is 21.0. The molecule has 1 aliphatic carbocycles. The van der Waals surface area contributed by atoms with E-state index in [-0.39, 0.29) is 43.2 Å². The number of benzene rings is 1. The van der Waals surface area contributed by atoms with Crippen LogP contribution in [0.5, 0.6) is 5.75 Å². The van der Waals surface area contributed by atoms with Gasteiger partial charge in [-0.2, -0.15) is 0 Å². The molecule has 2 aliphatic heterocycles. The smallest absolute Gasteiger partial charge is 0.158 e. The average molecular weight is 511 g/mol. The van der Waals surface area contributed by atoms with E-state index in [0.717, 1.165) is 38.5 Å². The molecule has 3 aliphatic rings. The molecule has 196 valence electrons. The second-order valence-electron chi connectivity index (χ2n) is 9.65. The lowest BCUT2D eigenvalue weighted by Crippen LogP contribution is -2.32. The van der Waals surface area contributed by atoms with Crippen molar-refractivity contribution in [3.8, 4) is 5.75 Å². The van der Waals surface area contributed by atoms with Crippen LogP contribution in [-0.2, 0) is 18.9 Å². The number of aliphatic hydroxyl groups is 2. The first kappa shape index (κ1) is 26.9. The Morgan fingerprint density at radius 2 is 1.86 bits per heavy atom. The van der Waals surface area contributed by atoms with Crippen LogP contribution in [0.4, 0.5) is 0 Å². The summed E-state index contributed by atoms with van der Waals surface area (Å²) in [6, 6.07) is 7.30. The molecule has 0 spiro atoms. The maximum Gasteiger partial charge on any atom is 0.158 e. The van der Waals surface area contributed by atoms with Crippen molar-refractivity contribution in [3.05, 3.63) is 41.4 Å². The minimum Gasteiger partial charge on any atom is -0.490 e. The van der Waals surface area contributed by atoms with Crippen LogP contribution in [0.25, 0.3) is 0 Å². The number of aliphatic hydroxyl groups excluding tert-OH is 2. The fourth-order valence-corrected chi connectivity index (χ4v) is 5.38. The van der Waals surface area contributed by atoms with Gasteiger partial charge in [0.25, 0.3) is 0 Å². The molecule has 1 aromatic carbocycles. The number of ether oxygens (including phenoxy) is 5. The SMILES string of the molecule is OCC[C@@H]1[C@@H](C=C[C@H](COc2cccc(Cl)c2)OC2CCCCO2)[C@H](OC2CCCCO2)C[C@@H]1O. The van der Waals surface area contributed by atoms with Crippen molar-refractivity contribution < 1.29 is 33.9 Å². The van der Waals surface area contributed by atoms with Gasteiger partial charge >= 0.3 is 0 Å². The van der Waals surface area contributed by atoms with Crippen LogP contribution in [0.2, 0.25) is 5.02 Å². The molecule has 0 bridgehead atoms. The highest BCUT2D eigenvalue weighted by atomic mass is 35.5. The van der Waals surface area contributed by atoms with Crippen LogP contribution in [0.15, 0.2) is 36.4 Å². The summed E-state index contributed by atoms with van der Waals surface area (Å²) in [6.07, 6.45) is 9.49. The number of hydrogen-bond acceptors (Lipinski definition) is 7.